The van der Waals surface area contributed by atoms with Crippen LogP contribution in [0.4, 0.5) is 0 Å². The first kappa shape index (κ1) is 13.7. The second kappa shape index (κ2) is 5.61. The second-order valence-electron chi connectivity index (χ2n) is 5.24. The van der Waals surface area contributed by atoms with Crippen LogP contribution in [0.5, 0.6) is 0 Å². The summed E-state index contributed by atoms with van der Waals surface area (Å²) in [5, 5.41) is 8.29. The first-order valence-corrected chi connectivity index (χ1v) is 7.04. The van der Waals surface area contributed by atoms with Gasteiger partial charge in [-0.25, -0.2) is 0 Å². The van der Waals surface area contributed by atoms with Gasteiger partial charge in [0.1, 0.15) is 0 Å². The van der Waals surface area contributed by atoms with Gasteiger partial charge in [-0.2, -0.15) is 4.98 Å². The number of hydrogen-bond acceptors (Lipinski definition) is 5. The molecule has 0 aliphatic heterocycles. The molecule has 0 bridgehead atoms. The van der Waals surface area contributed by atoms with E-state index in [4.69, 9.17) is 4.52 Å². The SMILES string of the molecule is CNC(C)Cc1noc(-c2cccc3ccc(C)nc23)n1. The Labute approximate surface area is 123 Å². The van der Waals surface area contributed by atoms with E-state index in [-0.39, 0.29) is 0 Å². The van der Waals surface area contributed by atoms with Gasteiger partial charge < -0.3 is 9.84 Å². The molecule has 0 amide bonds. The van der Waals surface area contributed by atoms with Crippen molar-refractivity contribution in [2.45, 2.75) is 26.3 Å². The Hall–Kier alpha value is -2.27. The molecule has 0 spiro atoms. The van der Waals surface area contributed by atoms with Gasteiger partial charge in [0.25, 0.3) is 5.89 Å². The molecule has 3 aromatic rings. The maximum atomic E-state index is 5.42. The molecule has 0 aliphatic rings. The zero-order valence-corrected chi connectivity index (χ0v) is 12.4. The molecule has 2 heterocycles. The van der Waals surface area contributed by atoms with Crippen molar-refractivity contribution in [1.29, 1.82) is 0 Å². The minimum Gasteiger partial charge on any atom is -0.334 e. The van der Waals surface area contributed by atoms with Crippen molar-refractivity contribution < 1.29 is 4.52 Å². The average molecular weight is 282 g/mol. The van der Waals surface area contributed by atoms with E-state index in [1.54, 1.807) is 0 Å². The summed E-state index contributed by atoms with van der Waals surface area (Å²) in [4.78, 5) is 9.09. The van der Waals surface area contributed by atoms with Crippen LogP contribution in [-0.4, -0.2) is 28.2 Å². The molecule has 0 saturated heterocycles. The molecule has 0 radical (unpaired) electrons. The van der Waals surface area contributed by atoms with Gasteiger partial charge in [-0.15, -0.1) is 0 Å². The Morgan fingerprint density at radius 3 is 2.86 bits per heavy atom. The number of rotatable bonds is 4. The standard InChI is InChI=1S/C16H18N4O/c1-10-7-8-12-5-4-6-13(15(12)18-10)16-19-14(20-21-16)9-11(2)17-3/h4-8,11,17H,9H2,1-3H3. The smallest absolute Gasteiger partial charge is 0.260 e. The lowest BCUT2D eigenvalue weighted by Gasteiger charge is -2.05. The van der Waals surface area contributed by atoms with Crippen LogP contribution in [0.2, 0.25) is 0 Å². The number of pyridine rings is 1. The highest BCUT2D eigenvalue weighted by atomic mass is 16.5. The monoisotopic (exact) mass is 282 g/mol. The molecule has 5 nitrogen and oxygen atoms in total. The normalized spacial score (nSPS) is 12.7. The molecule has 1 aromatic carbocycles. The number of hydrogen-bond donors (Lipinski definition) is 1. The molecule has 21 heavy (non-hydrogen) atoms. The van der Waals surface area contributed by atoms with Gasteiger partial charge in [-0.3, -0.25) is 4.98 Å². The summed E-state index contributed by atoms with van der Waals surface area (Å²) < 4.78 is 5.42. The number of aromatic nitrogens is 3. The molecule has 1 N–H and O–H groups in total. The molecule has 1 atom stereocenters. The number of benzene rings is 1. The fraction of sp³-hybridized carbons (Fsp3) is 0.312. The van der Waals surface area contributed by atoms with Crippen LogP contribution in [0.1, 0.15) is 18.4 Å². The fourth-order valence-electron chi connectivity index (χ4n) is 2.24. The lowest BCUT2D eigenvalue weighted by molar-refractivity contribution is 0.418. The van der Waals surface area contributed by atoms with Gasteiger partial charge in [0.05, 0.1) is 11.1 Å². The second-order valence-corrected chi connectivity index (χ2v) is 5.24. The quantitative estimate of drug-likeness (QED) is 0.797. The van der Waals surface area contributed by atoms with Gasteiger partial charge in [-0.05, 0) is 33.0 Å². The van der Waals surface area contributed by atoms with E-state index in [1.807, 2.05) is 38.2 Å². The largest absolute Gasteiger partial charge is 0.334 e. The molecule has 108 valence electrons. The Morgan fingerprint density at radius 2 is 2.05 bits per heavy atom. The van der Waals surface area contributed by atoms with Crippen molar-refractivity contribution >= 4 is 10.9 Å². The van der Waals surface area contributed by atoms with Crippen LogP contribution in [0.15, 0.2) is 34.9 Å². The van der Waals surface area contributed by atoms with Crippen molar-refractivity contribution in [3.05, 3.63) is 41.9 Å². The van der Waals surface area contributed by atoms with Crippen molar-refractivity contribution in [2.24, 2.45) is 0 Å². The van der Waals surface area contributed by atoms with Crippen molar-refractivity contribution in [1.82, 2.24) is 20.4 Å². The number of para-hydroxylation sites is 1. The first-order chi connectivity index (χ1) is 10.2. The molecule has 3 rings (SSSR count). The minimum absolute atomic E-state index is 0.309. The predicted octanol–water partition coefficient (Wildman–Crippen LogP) is 2.74. The summed E-state index contributed by atoms with van der Waals surface area (Å²) in [5.41, 5.74) is 2.75. The summed E-state index contributed by atoms with van der Waals surface area (Å²) in [5.74, 6) is 1.23. The highest BCUT2D eigenvalue weighted by Crippen LogP contribution is 2.26. The number of fused-ring (bicyclic) bond motifs is 1. The Kier molecular flexibility index (Phi) is 3.66. The van der Waals surface area contributed by atoms with E-state index >= 15 is 0 Å². The van der Waals surface area contributed by atoms with Crippen molar-refractivity contribution in [2.75, 3.05) is 7.05 Å². The topological polar surface area (TPSA) is 63.8 Å². The third-order valence-electron chi connectivity index (χ3n) is 3.54. The average Bonchev–Trinajstić information content (AvgIpc) is 2.94. The van der Waals surface area contributed by atoms with Crippen LogP contribution < -0.4 is 5.32 Å². The van der Waals surface area contributed by atoms with Crippen molar-refractivity contribution in [3.63, 3.8) is 0 Å². The number of likely N-dealkylation sites (N-methyl/N-ethyl adjacent to an activating group) is 1. The molecule has 0 saturated carbocycles. The predicted molar refractivity (Wildman–Crippen MR) is 82.0 cm³/mol. The van der Waals surface area contributed by atoms with Crippen LogP contribution in [-0.2, 0) is 6.42 Å². The summed E-state index contributed by atoms with van der Waals surface area (Å²) in [6, 6.07) is 10.3. The third kappa shape index (κ3) is 2.78. The van der Waals surface area contributed by atoms with E-state index in [2.05, 4.69) is 33.4 Å². The summed E-state index contributed by atoms with van der Waals surface area (Å²) in [7, 11) is 1.92. The molecule has 1 unspecified atom stereocenters. The number of aryl methyl sites for hydroxylation is 1. The van der Waals surface area contributed by atoms with Crippen LogP contribution in [0.3, 0.4) is 0 Å². The highest BCUT2D eigenvalue weighted by Gasteiger charge is 2.14. The molecule has 2 aromatic heterocycles. The molecular weight excluding hydrogens is 264 g/mol. The van der Waals surface area contributed by atoms with Gasteiger partial charge in [-0.1, -0.05) is 23.4 Å². The Bertz CT molecular complexity index is 766. The zero-order chi connectivity index (χ0) is 14.8. The summed E-state index contributed by atoms with van der Waals surface area (Å²) in [6.07, 6.45) is 0.733. The highest BCUT2D eigenvalue weighted by molar-refractivity contribution is 5.91. The van der Waals surface area contributed by atoms with E-state index < -0.39 is 0 Å². The summed E-state index contributed by atoms with van der Waals surface area (Å²) >= 11 is 0. The Morgan fingerprint density at radius 1 is 1.19 bits per heavy atom. The van der Waals surface area contributed by atoms with Gasteiger partial charge in [0, 0.05) is 23.5 Å². The van der Waals surface area contributed by atoms with E-state index in [0.717, 1.165) is 28.6 Å². The van der Waals surface area contributed by atoms with E-state index in [9.17, 15) is 0 Å². The maximum absolute atomic E-state index is 5.42. The van der Waals surface area contributed by atoms with E-state index in [1.165, 1.54) is 0 Å². The summed E-state index contributed by atoms with van der Waals surface area (Å²) in [6.45, 7) is 4.06. The van der Waals surface area contributed by atoms with Crippen molar-refractivity contribution in [3.8, 4) is 11.5 Å². The molecular formula is C16H18N4O. The molecule has 5 heteroatoms. The van der Waals surface area contributed by atoms with Crippen LogP contribution in [0, 0.1) is 6.92 Å². The van der Waals surface area contributed by atoms with E-state index in [0.29, 0.717) is 17.8 Å². The maximum Gasteiger partial charge on any atom is 0.260 e. The van der Waals surface area contributed by atoms with Gasteiger partial charge in [0.15, 0.2) is 5.82 Å². The van der Waals surface area contributed by atoms with Crippen LogP contribution in [0.25, 0.3) is 22.4 Å². The lowest BCUT2D eigenvalue weighted by Crippen LogP contribution is -2.24. The zero-order valence-electron chi connectivity index (χ0n) is 12.4. The molecule has 0 fully saturated rings. The third-order valence-corrected chi connectivity index (χ3v) is 3.54. The molecule has 0 aliphatic carbocycles. The fourth-order valence-corrected chi connectivity index (χ4v) is 2.24. The lowest BCUT2D eigenvalue weighted by atomic mass is 10.1. The van der Waals surface area contributed by atoms with Gasteiger partial charge >= 0.3 is 0 Å². The minimum atomic E-state index is 0.309. The van der Waals surface area contributed by atoms with Crippen LogP contribution >= 0.6 is 0 Å². The number of nitrogens with one attached hydrogen (secondary N) is 1. The Balaban J connectivity index is 2.02. The number of nitrogens with zero attached hydrogens (tertiary/aromatic N) is 3. The first-order valence-electron chi connectivity index (χ1n) is 7.04. The van der Waals surface area contributed by atoms with Gasteiger partial charge in [0.2, 0.25) is 0 Å².